The molecule has 0 radical (unpaired) electrons. The fourth-order valence-electron chi connectivity index (χ4n) is 2.75. The van der Waals surface area contributed by atoms with Gasteiger partial charge in [-0.3, -0.25) is 4.40 Å². The molecule has 1 aliphatic heterocycles. The number of methoxy groups -OCH3 is 1. The summed E-state index contributed by atoms with van der Waals surface area (Å²) in [5.74, 6) is 1.84. The van der Waals surface area contributed by atoms with Gasteiger partial charge in [-0.15, -0.1) is 0 Å². The highest BCUT2D eigenvalue weighted by Crippen LogP contribution is 2.24. The molecule has 0 aromatic carbocycles. The first-order valence-electron chi connectivity index (χ1n) is 6.82. The number of rotatable bonds is 3. The fraction of sp³-hybridized carbons (Fsp3) is 0.500. The third-order valence-electron chi connectivity index (χ3n) is 3.94. The first-order chi connectivity index (χ1) is 9.60. The van der Waals surface area contributed by atoms with E-state index in [4.69, 9.17) is 4.74 Å². The smallest absolute Gasteiger partial charge is 0.153 e. The third-order valence-corrected chi connectivity index (χ3v) is 6.21. The van der Waals surface area contributed by atoms with E-state index in [-0.39, 0.29) is 5.25 Å². The lowest BCUT2D eigenvalue weighted by Gasteiger charge is -2.21. The van der Waals surface area contributed by atoms with Crippen molar-refractivity contribution in [1.29, 1.82) is 0 Å². The van der Waals surface area contributed by atoms with Gasteiger partial charge in [0.15, 0.2) is 9.84 Å². The Bertz CT molecular complexity index is 721. The second-order valence-corrected chi connectivity index (χ2v) is 7.63. The summed E-state index contributed by atoms with van der Waals surface area (Å²) in [6, 6.07) is 3.79. The van der Waals surface area contributed by atoms with E-state index in [0.717, 1.165) is 36.4 Å². The van der Waals surface area contributed by atoms with Crippen molar-refractivity contribution < 1.29 is 13.2 Å². The van der Waals surface area contributed by atoms with E-state index >= 15 is 0 Å². The Morgan fingerprint density at radius 2 is 2.25 bits per heavy atom. The van der Waals surface area contributed by atoms with E-state index in [1.54, 1.807) is 13.3 Å². The summed E-state index contributed by atoms with van der Waals surface area (Å²) in [6.45, 7) is 0. The van der Waals surface area contributed by atoms with Crippen molar-refractivity contribution in [1.82, 2.24) is 9.38 Å². The van der Waals surface area contributed by atoms with Gasteiger partial charge in [0.1, 0.15) is 11.6 Å². The van der Waals surface area contributed by atoms with Crippen molar-refractivity contribution in [2.24, 2.45) is 0 Å². The Labute approximate surface area is 118 Å². The van der Waals surface area contributed by atoms with Crippen molar-refractivity contribution >= 4 is 15.4 Å². The minimum absolute atomic E-state index is 0.298. The van der Waals surface area contributed by atoms with Gasteiger partial charge in [-0.1, -0.05) is 6.42 Å². The lowest BCUT2D eigenvalue weighted by molar-refractivity contribution is 0.412. The van der Waals surface area contributed by atoms with Gasteiger partial charge in [-0.2, -0.15) is 0 Å². The molecular weight excluding hydrogens is 276 g/mol. The molecule has 0 N–H and O–H groups in total. The Kier molecular flexibility index (Phi) is 3.41. The lowest BCUT2D eigenvalue weighted by atomic mass is 10.1. The van der Waals surface area contributed by atoms with Crippen LogP contribution in [-0.4, -0.2) is 35.9 Å². The second-order valence-electron chi connectivity index (χ2n) is 5.23. The molecule has 1 unspecified atom stereocenters. The number of hydrogen-bond donors (Lipinski definition) is 0. The van der Waals surface area contributed by atoms with Crippen molar-refractivity contribution in [2.75, 3.05) is 12.9 Å². The van der Waals surface area contributed by atoms with Gasteiger partial charge in [-0.05, 0) is 25.0 Å². The average molecular weight is 294 g/mol. The molecule has 0 amide bonds. The molecule has 1 fully saturated rings. The predicted octanol–water partition coefficient (Wildman–Crippen LogP) is 1.85. The zero-order valence-corrected chi connectivity index (χ0v) is 12.3. The maximum Gasteiger partial charge on any atom is 0.153 e. The summed E-state index contributed by atoms with van der Waals surface area (Å²) >= 11 is 0. The molecular formula is C14H18N2O3S. The first kappa shape index (κ1) is 13.4. The number of sulfone groups is 1. The highest BCUT2D eigenvalue weighted by molar-refractivity contribution is 7.92. The van der Waals surface area contributed by atoms with E-state index < -0.39 is 9.84 Å². The molecule has 1 aliphatic rings. The van der Waals surface area contributed by atoms with Gasteiger partial charge >= 0.3 is 0 Å². The van der Waals surface area contributed by atoms with E-state index in [9.17, 15) is 8.42 Å². The summed E-state index contributed by atoms with van der Waals surface area (Å²) in [6.07, 6.45) is 6.60. The Morgan fingerprint density at radius 1 is 1.40 bits per heavy atom. The largest absolute Gasteiger partial charge is 0.495 e. The molecule has 3 heterocycles. The second kappa shape index (κ2) is 5.09. The molecule has 1 saturated heterocycles. The first-order valence-corrected chi connectivity index (χ1v) is 8.53. The normalized spacial score (nSPS) is 21.9. The molecule has 108 valence electrons. The molecule has 1 atom stereocenters. The zero-order chi connectivity index (χ0) is 14.2. The molecule has 6 heteroatoms. The van der Waals surface area contributed by atoms with E-state index in [1.165, 1.54) is 0 Å². The van der Waals surface area contributed by atoms with Crippen LogP contribution in [0.3, 0.4) is 0 Å². The number of ether oxygens (including phenoxy) is 1. The van der Waals surface area contributed by atoms with Gasteiger partial charge < -0.3 is 4.74 Å². The molecule has 0 bridgehead atoms. The van der Waals surface area contributed by atoms with Crippen molar-refractivity contribution in [3.8, 4) is 5.75 Å². The lowest BCUT2D eigenvalue weighted by Crippen LogP contribution is -2.30. The summed E-state index contributed by atoms with van der Waals surface area (Å²) in [7, 11) is -1.35. The molecule has 0 aliphatic carbocycles. The van der Waals surface area contributed by atoms with E-state index in [1.807, 2.05) is 22.7 Å². The number of imidazole rings is 1. The molecule has 2 aromatic heterocycles. The summed E-state index contributed by atoms with van der Waals surface area (Å²) < 4.78 is 31.3. The van der Waals surface area contributed by atoms with Crippen LogP contribution in [0.2, 0.25) is 0 Å². The van der Waals surface area contributed by atoms with Crippen LogP contribution in [0, 0.1) is 0 Å². The quantitative estimate of drug-likeness (QED) is 0.867. The highest BCUT2D eigenvalue weighted by Gasteiger charge is 2.29. The van der Waals surface area contributed by atoms with Crippen LogP contribution in [-0.2, 0) is 16.3 Å². The van der Waals surface area contributed by atoms with Gasteiger partial charge in [0, 0.05) is 6.42 Å². The van der Waals surface area contributed by atoms with Crippen LogP contribution in [0.5, 0.6) is 5.75 Å². The van der Waals surface area contributed by atoms with Crippen LogP contribution >= 0.6 is 0 Å². The van der Waals surface area contributed by atoms with Crippen LogP contribution in [0.15, 0.2) is 24.5 Å². The molecule has 5 nitrogen and oxygen atoms in total. The molecule has 20 heavy (non-hydrogen) atoms. The highest BCUT2D eigenvalue weighted by atomic mass is 32.2. The fourth-order valence-corrected chi connectivity index (χ4v) is 4.62. The Hall–Kier alpha value is -1.56. The van der Waals surface area contributed by atoms with Crippen LogP contribution < -0.4 is 4.74 Å². The number of hydrogen-bond acceptors (Lipinski definition) is 4. The maximum atomic E-state index is 12.1. The Balaban J connectivity index is 1.94. The Morgan fingerprint density at radius 3 is 3.00 bits per heavy atom. The van der Waals surface area contributed by atoms with E-state index in [0.29, 0.717) is 12.2 Å². The van der Waals surface area contributed by atoms with Crippen molar-refractivity contribution in [2.45, 2.75) is 30.9 Å². The van der Waals surface area contributed by atoms with Gasteiger partial charge in [0.2, 0.25) is 0 Å². The van der Waals surface area contributed by atoms with Gasteiger partial charge in [0.25, 0.3) is 0 Å². The number of pyridine rings is 1. The average Bonchev–Trinajstić information content (AvgIpc) is 2.83. The molecule has 2 aromatic rings. The molecule has 0 spiro atoms. The van der Waals surface area contributed by atoms with Crippen LogP contribution in [0.4, 0.5) is 0 Å². The number of nitrogens with zero attached hydrogens (tertiary/aromatic N) is 2. The topological polar surface area (TPSA) is 60.7 Å². The van der Waals surface area contributed by atoms with Crippen molar-refractivity contribution in [3.63, 3.8) is 0 Å². The number of fused-ring (bicyclic) bond motifs is 1. The van der Waals surface area contributed by atoms with Crippen LogP contribution in [0.25, 0.3) is 5.52 Å². The van der Waals surface area contributed by atoms with E-state index in [2.05, 4.69) is 4.98 Å². The van der Waals surface area contributed by atoms with Gasteiger partial charge in [-0.25, -0.2) is 13.4 Å². The third kappa shape index (κ3) is 2.40. The molecule has 3 rings (SSSR count). The summed E-state index contributed by atoms with van der Waals surface area (Å²) in [5, 5.41) is -0.298. The van der Waals surface area contributed by atoms with Crippen LogP contribution in [0.1, 0.15) is 25.1 Å². The maximum absolute atomic E-state index is 12.1. The molecule has 0 saturated carbocycles. The minimum atomic E-state index is -2.97. The number of aromatic nitrogens is 2. The summed E-state index contributed by atoms with van der Waals surface area (Å²) in [4.78, 5) is 4.37. The summed E-state index contributed by atoms with van der Waals surface area (Å²) in [5.41, 5.74) is 0.953. The standard InChI is InChI=1S/C14H18N2O3S/c1-19-12-6-5-11-9-15-14(16(11)10-12)8-13-4-2-3-7-20(13,17)18/h5-6,9-10,13H,2-4,7-8H2,1H3. The zero-order valence-electron chi connectivity index (χ0n) is 11.4. The van der Waals surface area contributed by atoms with Gasteiger partial charge in [0.05, 0.1) is 36.0 Å². The monoisotopic (exact) mass is 294 g/mol. The predicted molar refractivity (Wildman–Crippen MR) is 76.9 cm³/mol. The minimum Gasteiger partial charge on any atom is -0.495 e. The SMILES string of the molecule is COc1ccc2cnc(CC3CCCCS3(=O)=O)n2c1. The van der Waals surface area contributed by atoms with Crippen molar-refractivity contribution in [3.05, 3.63) is 30.4 Å².